The van der Waals surface area contributed by atoms with Gasteiger partial charge in [-0.05, 0) is 36.2 Å². The van der Waals surface area contributed by atoms with Crippen LogP contribution in [0.1, 0.15) is 5.56 Å². The highest BCUT2D eigenvalue weighted by molar-refractivity contribution is 6.28. The molecule has 0 spiro atoms. The van der Waals surface area contributed by atoms with Crippen LogP contribution < -0.4 is 10.4 Å². The molecule has 0 radical (unpaired) electrons. The largest absolute Gasteiger partial charge is 0.439 e. The predicted octanol–water partition coefficient (Wildman–Crippen LogP) is 3.34. The topological polar surface area (TPSA) is 65.2 Å². The SMILES string of the molecule is Cc1cc(=O)oc2cc(Oc3ccnc(Cl)n3)ccc12. The Morgan fingerprint density at radius 1 is 1.25 bits per heavy atom. The van der Waals surface area contributed by atoms with Gasteiger partial charge in [-0.3, -0.25) is 0 Å². The maximum absolute atomic E-state index is 11.4. The van der Waals surface area contributed by atoms with Crippen LogP contribution in [0.25, 0.3) is 11.0 Å². The summed E-state index contributed by atoms with van der Waals surface area (Å²) in [5.74, 6) is 0.820. The summed E-state index contributed by atoms with van der Waals surface area (Å²) in [6.07, 6.45) is 1.50. The van der Waals surface area contributed by atoms with Crippen LogP contribution in [-0.2, 0) is 0 Å². The van der Waals surface area contributed by atoms with E-state index in [4.69, 9.17) is 20.8 Å². The molecule has 3 aromatic rings. The van der Waals surface area contributed by atoms with Crippen molar-refractivity contribution in [3.63, 3.8) is 0 Å². The van der Waals surface area contributed by atoms with Crippen molar-refractivity contribution in [3.05, 3.63) is 57.8 Å². The number of hydrogen-bond donors (Lipinski definition) is 0. The van der Waals surface area contributed by atoms with Crippen molar-refractivity contribution < 1.29 is 9.15 Å². The van der Waals surface area contributed by atoms with Gasteiger partial charge in [-0.2, -0.15) is 4.98 Å². The van der Waals surface area contributed by atoms with Crippen molar-refractivity contribution in [3.8, 4) is 11.6 Å². The van der Waals surface area contributed by atoms with Gasteiger partial charge in [0.05, 0.1) is 0 Å². The molecule has 3 rings (SSSR count). The van der Waals surface area contributed by atoms with Crippen LogP contribution in [0.2, 0.25) is 5.28 Å². The van der Waals surface area contributed by atoms with Gasteiger partial charge in [-0.1, -0.05) is 0 Å². The van der Waals surface area contributed by atoms with Crippen LogP contribution in [0.5, 0.6) is 11.6 Å². The van der Waals surface area contributed by atoms with E-state index in [1.54, 1.807) is 18.2 Å². The van der Waals surface area contributed by atoms with Gasteiger partial charge >= 0.3 is 5.63 Å². The zero-order valence-electron chi connectivity index (χ0n) is 10.5. The lowest BCUT2D eigenvalue weighted by atomic mass is 10.1. The molecule has 0 N–H and O–H groups in total. The van der Waals surface area contributed by atoms with Gasteiger partial charge in [0.25, 0.3) is 0 Å². The van der Waals surface area contributed by atoms with Gasteiger partial charge in [-0.15, -0.1) is 0 Å². The van der Waals surface area contributed by atoms with Crippen molar-refractivity contribution >= 4 is 22.6 Å². The van der Waals surface area contributed by atoms with Crippen molar-refractivity contribution in [2.24, 2.45) is 0 Å². The molecule has 20 heavy (non-hydrogen) atoms. The molecule has 0 fully saturated rings. The Morgan fingerprint density at radius 2 is 2.10 bits per heavy atom. The van der Waals surface area contributed by atoms with Crippen molar-refractivity contribution in [2.75, 3.05) is 0 Å². The average molecular weight is 289 g/mol. The highest BCUT2D eigenvalue weighted by atomic mass is 35.5. The Bertz CT molecular complexity index is 845. The van der Waals surface area contributed by atoms with E-state index in [2.05, 4.69) is 9.97 Å². The first-order valence-electron chi connectivity index (χ1n) is 5.83. The number of benzene rings is 1. The summed E-state index contributed by atoms with van der Waals surface area (Å²) in [4.78, 5) is 19.1. The Hall–Kier alpha value is -2.40. The highest BCUT2D eigenvalue weighted by Crippen LogP contribution is 2.25. The molecule has 100 valence electrons. The van der Waals surface area contributed by atoms with E-state index in [9.17, 15) is 4.79 Å². The first-order valence-corrected chi connectivity index (χ1v) is 6.20. The van der Waals surface area contributed by atoms with Crippen LogP contribution in [-0.4, -0.2) is 9.97 Å². The Kier molecular flexibility index (Phi) is 3.12. The molecule has 2 heterocycles. The quantitative estimate of drug-likeness (QED) is 0.534. The van der Waals surface area contributed by atoms with Gasteiger partial charge in [0, 0.05) is 29.8 Å². The van der Waals surface area contributed by atoms with Crippen molar-refractivity contribution in [2.45, 2.75) is 6.92 Å². The number of halogens is 1. The van der Waals surface area contributed by atoms with Gasteiger partial charge < -0.3 is 9.15 Å². The van der Waals surface area contributed by atoms with Crippen molar-refractivity contribution in [1.82, 2.24) is 9.97 Å². The lowest BCUT2D eigenvalue weighted by Crippen LogP contribution is -1.98. The Balaban J connectivity index is 2.03. The summed E-state index contributed by atoms with van der Waals surface area (Å²) in [5, 5.41) is 0.961. The average Bonchev–Trinajstić information content (AvgIpc) is 2.38. The van der Waals surface area contributed by atoms with Gasteiger partial charge in [0.15, 0.2) is 0 Å². The van der Waals surface area contributed by atoms with Crippen LogP contribution in [0.15, 0.2) is 45.7 Å². The van der Waals surface area contributed by atoms with E-state index in [0.717, 1.165) is 10.9 Å². The molecule has 2 aromatic heterocycles. The summed E-state index contributed by atoms with van der Waals surface area (Å²) >= 11 is 5.69. The van der Waals surface area contributed by atoms with Gasteiger partial charge in [-0.25, -0.2) is 9.78 Å². The summed E-state index contributed by atoms with van der Waals surface area (Å²) in [6.45, 7) is 1.85. The van der Waals surface area contributed by atoms with Crippen LogP contribution >= 0.6 is 11.6 Å². The van der Waals surface area contributed by atoms with E-state index in [1.165, 1.54) is 12.3 Å². The molecule has 5 nitrogen and oxygen atoms in total. The van der Waals surface area contributed by atoms with E-state index >= 15 is 0 Å². The minimum atomic E-state index is -0.391. The molecule has 1 aromatic carbocycles. The predicted molar refractivity (Wildman–Crippen MR) is 74.3 cm³/mol. The van der Waals surface area contributed by atoms with Crippen molar-refractivity contribution in [1.29, 1.82) is 0 Å². The molecular weight excluding hydrogens is 280 g/mol. The minimum absolute atomic E-state index is 0.102. The van der Waals surface area contributed by atoms with Gasteiger partial charge in [0.1, 0.15) is 11.3 Å². The zero-order chi connectivity index (χ0) is 14.1. The summed E-state index contributed by atoms with van der Waals surface area (Å²) < 4.78 is 10.7. The number of aryl methyl sites for hydroxylation is 1. The molecule has 0 bridgehead atoms. The van der Waals surface area contributed by atoms with Gasteiger partial charge in [0.2, 0.25) is 11.2 Å². The molecule has 6 heteroatoms. The fourth-order valence-corrected chi connectivity index (χ4v) is 2.01. The second-order valence-electron chi connectivity index (χ2n) is 4.17. The molecule has 0 saturated heterocycles. The normalized spacial score (nSPS) is 10.7. The highest BCUT2D eigenvalue weighted by Gasteiger charge is 2.06. The summed E-state index contributed by atoms with van der Waals surface area (Å²) in [5.41, 5.74) is 0.928. The fraction of sp³-hybridized carbons (Fsp3) is 0.0714. The van der Waals surface area contributed by atoms with E-state index in [1.807, 2.05) is 13.0 Å². The molecule has 0 amide bonds. The summed E-state index contributed by atoms with van der Waals surface area (Å²) in [6, 6.07) is 8.27. The second kappa shape index (κ2) is 4.94. The van der Waals surface area contributed by atoms with E-state index in [0.29, 0.717) is 17.2 Å². The lowest BCUT2D eigenvalue weighted by Gasteiger charge is -2.06. The lowest BCUT2D eigenvalue weighted by molar-refractivity contribution is 0.460. The monoisotopic (exact) mass is 288 g/mol. The molecule has 0 aliphatic heterocycles. The van der Waals surface area contributed by atoms with E-state index in [-0.39, 0.29) is 5.28 Å². The number of fused-ring (bicyclic) bond motifs is 1. The Labute approximate surface area is 118 Å². The maximum atomic E-state index is 11.4. The Morgan fingerprint density at radius 3 is 2.90 bits per heavy atom. The van der Waals surface area contributed by atoms with Crippen LogP contribution in [0, 0.1) is 6.92 Å². The zero-order valence-corrected chi connectivity index (χ0v) is 11.2. The molecule has 0 aliphatic rings. The van der Waals surface area contributed by atoms with E-state index < -0.39 is 5.63 Å². The summed E-state index contributed by atoms with van der Waals surface area (Å²) in [7, 11) is 0. The third kappa shape index (κ3) is 2.48. The second-order valence-corrected chi connectivity index (χ2v) is 4.51. The van der Waals surface area contributed by atoms with Crippen LogP contribution in [0.4, 0.5) is 0 Å². The maximum Gasteiger partial charge on any atom is 0.336 e. The number of hydrogen-bond acceptors (Lipinski definition) is 5. The number of nitrogens with zero attached hydrogens (tertiary/aromatic N) is 2. The minimum Gasteiger partial charge on any atom is -0.439 e. The first-order chi connectivity index (χ1) is 9.61. The number of ether oxygens (including phenoxy) is 1. The molecule has 0 saturated carbocycles. The molecular formula is C14H9ClN2O3. The number of aromatic nitrogens is 2. The first kappa shape index (κ1) is 12.6. The fourth-order valence-electron chi connectivity index (χ4n) is 1.87. The molecule has 0 aliphatic carbocycles. The third-order valence-electron chi connectivity index (χ3n) is 2.75. The molecule has 0 atom stereocenters. The standard InChI is InChI=1S/C14H9ClN2O3/c1-8-6-13(18)20-11-7-9(2-3-10(8)11)19-12-4-5-16-14(15)17-12/h2-7H,1H3. The smallest absolute Gasteiger partial charge is 0.336 e. The molecule has 0 unspecified atom stereocenters. The van der Waals surface area contributed by atoms with Crippen LogP contribution in [0.3, 0.4) is 0 Å². The number of rotatable bonds is 2. The third-order valence-corrected chi connectivity index (χ3v) is 2.93.